The van der Waals surface area contributed by atoms with E-state index in [1.54, 1.807) is 6.07 Å². The number of benzene rings is 2. The highest BCUT2D eigenvalue weighted by molar-refractivity contribution is 5.90. The lowest BCUT2D eigenvalue weighted by atomic mass is 10.1. The molecule has 0 aliphatic heterocycles. The number of anilines is 1. The number of hydrogen-bond donors (Lipinski definition) is 2. The minimum Gasteiger partial charge on any atom is -0.490 e. The molecule has 0 saturated heterocycles. The zero-order chi connectivity index (χ0) is 20.6. The molecular formula is C20H23F3N2O3. The lowest BCUT2D eigenvalue weighted by Gasteiger charge is -2.14. The number of carbonyl (C=O) groups is 1. The largest absolute Gasteiger partial charge is 0.490 e. The fraction of sp³-hybridized carbons (Fsp3) is 0.350. The van der Waals surface area contributed by atoms with E-state index in [4.69, 9.17) is 9.47 Å². The van der Waals surface area contributed by atoms with Gasteiger partial charge in [-0.15, -0.1) is 0 Å². The molecule has 0 heterocycles. The third-order valence-corrected chi connectivity index (χ3v) is 3.79. The molecule has 8 heteroatoms. The van der Waals surface area contributed by atoms with Gasteiger partial charge in [0.2, 0.25) is 0 Å². The highest BCUT2D eigenvalue weighted by Crippen LogP contribution is 2.34. The van der Waals surface area contributed by atoms with E-state index in [9.17, 15) is 18.0 Å². The monoisotopic (exact) mass is 396 g/mol. The molecule has 0 saturated carbocycles. The predicted octanol–water partition coefficient (Wildman–Crippen LogP) is 4.87. The highest BCUT2D eigenvalue weighted by Gasteiger charge is 2.33. The fourth-order valence-electron chi connectivity index (χ4n) is 2.58. The normalized spacial score (nSPS) is 11.0. The summed E-state index contributed by atoms with van der Waals surface area (Å²) >= 11 is 0. The number of halogens is 3. The first-order chi connectivity index (χ1) is 13.3. The Bertz CT molecular complexity index is 795. The zero-order valence-corrected chi connectivity index (χ0v) is 15.7. The molecule has 0 aromatic heterocycles. The van der Waals surface area contributed by atoms with Crippen molar-refractivity contribution in [1.82, 2.24) is 5.32 Å². The van der Waals surface area contributed by atoms with E-state index in [2.05, 4.69) is 10.6 Å². The Morgan fingerprint density at radius 1 is 1.00 bits per heavy atom. The molecule has 152 valence electrons. The van der Waals surface area contributed by atoms with Gasteiger partial charge in [-0.1, -0.05) is 18.2 Å². The van der Waals surface area contributed by atoms with Gasteiger partial charge < -0.3 is 20.1 Å². The minimum atomic E-state index is -4.54. The Balaban J connectivity index is 1.93. The molecule has 0 fully saturated rings. The Hall–Kier alpha value is -2.90. The average molecular weight is 396 g/mol. The van der Waals surface area contributed by atoms with Crippen LogP contribution >= 0.6 is 0 Å². The summed E-state index contributed by atoms with van der Waals surface area (Å²) in [6, 6.07) is 9.61. The highest BCUT2D eigenvalue weighted by atomic mass is 19.4. The number of ether oxygens (including phenoxy) is 2. The number of urea groups is 1. The van der Waals surface area contributed by atoms with Crippen LogP contribution in [0.3, 0.4) is 0 Å². The van der Waals surface area contributed by atoms with Gasteiger partial charge in [-0.3, -0.25) is 0 Å². The van der Waals surface area contributed by atoms with Crippen molar-refractivity contribution in [2.24, 2.45) is 0 Å². The standard InChI is InChI=1S/C20H23F3N2O3/c1-3-27-17-10-9-14(13-18(17)28-4-2)11-12-24-19(26)25-16-8-6-5-7-15(16)20(21,22)23/h5-10,13H,3-4,11-12H2,1-2H3,(H2,24,25,26). The van der Waals surface area contributed by atoms with Gasteiger partial charge in [0.15, 0.2) is 11.5 Å². The van der Waals surface area contributed by atoms with Gasteiger partial charge >= 0.3 is 12.2 Å². The van der Waals surface area contributed by atoms with E-state index in [1.807, 2.05) is 26.0 Å². The predicted molar refractivity (Wildman–Crippen MR) is 101 cm³/mol. The molecule has 2 rings (SSSR count). The van der Waals surface area contributed by atoms with Crippen LogP contribution in [0.25, 0.3) is 0 Å². The molecule has 28 heavy (non-hydrogen) atoms. The smallest absolute Gasteiger partial charge is 0.418 e. The van der Waals surface area contributed by atoms with Gasteiger partial charge in [0.05, 0.1) is 24.5 Å². The van der Waals surface area contributed by atoms with E-state index in [0.29, 0.717) is 31.1 Å². The molecule has 0 spiro atoms. The van der Waals surface area contributed by atoms with Crippen molar-refractivity contribution in [1.29, 1.82) is 0 Å². The number of para-hydroxylation sites is 1. The Morgan fingerprint density at radius 2 is 1.68 bits per heavy atom. The number of amides is 2. The number of hydrogen-bond acceptors (Lipinski definition) is 3. The average Bonchev–Trinajstić information content (AvgIpc) is 2.64. The van der Waals surface area contributed by atoms with Crippen molar-refractivity contribution >= 4 is 11.7 Å². The summed E-state index contributed by atoms with van der Waals surface area (Å²) in [5.41, 5.74) is -0.270. The summed E-state index contributed by atoms with van der Waals surface area (Å²) in [5.74, 6) is 1.26. The first-order valence-electron chi connectivity index (χ1n) is 8.94. The van der Waals surface area contributed by atoms with Crippen molar-refractivity contribution in [2.75, 3.05) is 25.1 Å². The van der Waals surface area contributed by atoms with Crippen LogP contribution in [-0.4, -0.2) is 25.8 Å². The number of alkyl halides is 3. The lowest BCUT2D eigenvalue weighted by Crippen LogP contribution is -2.31. The second-order valence-corrected chi connectivity index (χ2v) is 5.82. The van der Waals surface area contributed by atoms with E-state index >= 15 is 0 Å². The fourth-order valence-corrected chi connectivity index (χ4v) is 2.58. The maximum atomic E-state index is 13.0. The first-order valence-corrected chi connectivity index (χ1v) is 8.94. The van der Waals surface area contributed by atoms with Gasteiger partial charge in [0, 0.05) is 6.54 Å². The maximum Gasteiger partial charge on any atom is 0.418 e. The van der Waals surface area contributed by atoms with Gasteiger partial charge in [-0.05, 0) is 50.1 Å². The molecule has 0 aliphatic rings. The molecule has 2 aromatic rings. The molecule has 5 nitrogen and oxygen atoms in total. The topological polar surface area (TPSA) is 59.6 Å². The van der Waals surface area contributed by atoms with Crippen molar-refractivity contribution in [3.8, 4) is 11.5 Å². The summed E-state index contributed by atoms with van der Waals surface area (Å²) in [4.78, 5) is 12.0. The summed E-state index contributed by atoms with van der Waals surface area (Å²) in [6.45, 7) is 5.00. The second kappa shape index (κ2) is 9.87. The molecule has 2 amide bonds. The Morgan fingerprint density at radius 3 is 2.36 bits per heavy atom. The van der Waals surface area contributed by atoms with Gasteiger partial charge in [0.1, 0.15) is 0 Å². The van der Waals surface area contributed by atoms with E-state index in [0.717, 1.165) is 11.6 Å². The summed E-state index contributed by atoms with van der Waals surface area (Å²) < 4.78 is 49.9. The third kappa shape index (κ3) is 6.07. The zero-order valence-electron chi connectivity index (χ0n) is 15.7. The minimum absolute atomic E-state index is 0.250. The van der Waals surface area contributed by atoms with Crippen LogP contribution < -0.4 is 20.1 Å². The van der Waals surface area contributed by atoms with E-state index < -0.39 is 17.8 Å². The Labute approximate surface area is 161 Å². The van der Waals surface area contributed by atoms with Crippen LogP contribution in [0, 0.1) is 0 Å². The van der Waals surface area contributed by atoms with Crippen molar-refractivity contribution in [3.63, 3.8) is 0 Å². The second-order valence-electron chi connectivity index (χ2n) is 5.82. The molecule has 2 aromatic carbocycles. The Kier molecular flexibility index (Phi) is 7.54. The van der Waals surface area contributed by atoms with Crippen molar-refractivity contribution in [3.05, 3.63) is 53.6 Å². The molecule has 0 aliphatic carbocycles. The van der Waals surface area contributed by atoms with Crippen LogP contribution in [0.15, 0.2) is 42.5 Å². The van der Waals surface area contributed by atoms with Crippen LogP contribution in [-0.2, 0) is 12.6 Å². The van der Waals surface area contributed by atoms with Crippen LogP contribution in [0.1, 0.15) is 25.0 Å². The summed E-state index contributed by atoms with van der Waals surface area (Å²) in [6.07, 6.45) is -4.05. The van der Waals surface area contributed by atoms with E-state index in [1.165, 1.54) is 18.2 Å². The molecular weight excluding hydrogens is 373 g/mol. The van der Waals surface area contributed by atoms with Gasteiger partial charge in [-0.2, -0.15) is 13.2 Å². The van der Waals surface area contributed by atoms with Gasteiger partial charge in [0.25, 0.3) is 0 Å². The number of rotatable bonds is 8. The molecule has 0 bridgehead atoms. The molecule has 2 N–H and O–H groups in total. The lowest BCUT2D eigenvalue weighted by molar-refractivity contribution is -0.136. The van der Waals surface area contributed by atoms with E-state index in [-0.39, 0.29) is 12.2 Å². The first kappa shape index (κ1) is 21.4. The van der Waals surface area contributed by atoms with Gasteiger partial charge in [-0.25, -0.2) is 4.79 Å². The summed E-state index contributed by atoms with van der Waals surface area (Å²) in [7, 11) is 0. The SMILES string of the molecule is CCOc1ccc(CCNC(=O)Nc2ccccc2C(F)(F)F)cc1OCC. The maximum absolute atomic E-state index is 13.0. The quantitative estimate of drug-likeness (QED) is 0.670. The number of nitrogens with one attached hydrogen (secondary N) is 2. The van der Waals surface area contributed by atoms with Crippen molar-refractivity contribution in [2.45, 2.75) is 26.4 Å². The van der Waals surface area contributed by atoms with Crippen LogP contribution in [0.5, 0.6) is 11.5 Å². The van der Waals surface area contributed by atoms with Crippen LogP contribution in [0.4, 0.5) is 23.7 Å². The molecule has 0 radical (unpaired) electrons. The molecule has 0 unspecified atom stereocenters. The summed E-state index contributed by atoms with van der Waals surface area (Å²) in [5, 5.41) is 4.81. The van der Waals surface area contributed by atoms with Crippen molar-refractivity contribution < 1.29 is 27.4 Å². The molecule has 0 atom stereocenters. The third-order valence-electron chi connectivity index (χ3n) is 3.79. The number of carbonyl (C=O) groups excluding carboxylic acids is 1. The van der Waals surface area contributed by atoms with Crippen LogP contribution in [0.2, 0.25) is 0 Å².